The van der Waals surface area contributed by atoms with Crippen LogP contribution in [0.25, 0.3) is 0 Å². The molecular formula is C22H31N3O2. The van der Waals surface area contributed by atoms with Crippen molar-refractivity contribution in [1.29, 1.82) is 5.26 Å². The number of hydrogen-bond donors (Lipinski definition) is 2. The number of carbonyl (C=O) groups is 1. The Bertz CT molecular complexity index is 661. The standard InChI is InChI=1S/C22H31N3O2/c1-15-3-4-16(2)24-21(15)22(26)25-20(14-23)13-17-5-7-18(8-6-17)19-9-11-27-12-10-19/h5-8,15-16,19-21,24H,3-4,9-13H2,1-2H3,(H,25,26)/t15-,16+,20+,21+/m1/s1. The van der Waals surface area contributed by atoms with E-state index < -0.39 is 6.04 Å². The predicted octanol–water partition coefficient (Wildman–Crippen LogP) is 2.91. The third kappa shape index (κ3) is 5.31. The first-order chi connectivity index (χ1) is 13.1. The maximum absolute atomic E-state index is 12.6. The smallest absolute Gasteiger partial charge is 0.238 e. The monoisotopic (exact) mass is 369 g/mol. The molecule has 3 rings (SSSR count). The molecular weight excluding hydrogens is 338 g/mol. The minimum Gasteiger partial charge on any atom is -0.381 e. The van der Waals surface area contributed by atoms with Gasteiger partial charge in [-0.3, -0.25) is 4.79 Å². The number of carbonyl (C=O) groups excluding carboxylic acids is 1. The van der Waals surface area contributed by atoms with Gasteiger partial charge in [0.05, 0.1) is 12.1 Å². The second-order valence-corrected chi connectivity index (χ2v) is 8.12. The molecule has 0 saturated carbocycles. The van der Waals surface area contributed by atoms with Gasteiger partial charge in [0.1, 0.15) is 6.04 Å². The van der Waals surface area contributed by atoms with Gasteiger partial charge in [0.2, 0.25) is 5.91 Å². The maximum Gasteiger partial charge on any atom is 0.238 e. The summed E-state index contributed by atoms with van der Waals surface area (Å²) in [5.41, 5.74) is 2.42. The molecule has 1 aromatic rings. The quantitative estimate of drug-likeness (QED) is 0.837. The number of hydrogen-bond acceptors (Lipinski definition) is 4. The van der Waals surface area contributed by atoms with Crippen LogP contribution in [0, 0.1) is 17.2 Å². The van der Waals surface area contributed by atoms with Crippen LogP contribution < -0.4 is 10.6 Å². The van der Waals surface area contributed by atoms with Crippen LogP contribution in [0.3, 0.4) is 0 Å². The van der Waals surface area contributed by atoms with E-state index >= 15 is 0 Å². The van der Waals surface area contributed by atoms with E-state index in [1.54, 1.807) is 0 Å². The lowest BCUT2D eigenvalue weighted by Crippen LogP contribution is -2.55. The van der Waals surface area contributed by atoms with E-state index in [1.807, 2.05) is 0 Å². The number of rotatable bonds is 5. The Labute approximate surface area is 162 Å². The van der Waals surface area contributed by atoms with Crippen molar-refractivity contribution in [2.24, 2.45) is 5.92 Å². The Kier molecular flexibility index (Phi) is 6.87. The summed E-state index contributed by atoms with van der Waals surface area (Å²) < 4.78 is 5.43. The zero-order chi connectivity index (χ0) is 19.2. The Hall–Kier alpha value is -1.90. The molecule has 1 amide bonds. The van der Waals surface area contributed by atoms with E-state index in [9.17, 15) is 10.1 Å². The van der Waals surface area contributed by atoms with Crippen LogP contribution in [0.1, 0.15) is 56.6 Å². The summed E-state index contributed by atoms with van der Waals surface area (Å²) in [6.45, 7) is 5.87. The largest absolute Gasteiger partial charge is 0.381 e. The molecule has 2 aliphatic heterocycles. The van der Waals surface area contributed by atoms with Crippen molar-refractivity contribution < 1.29 is 9.53 Å². The minimum absolute atomic E-state index is 0.0561. The molecule has 0 aromatic heterocycles. The first-order valence-corrected chi connectivity index (χ1v) is 10.2. The van der Waals surface area contributed by atoms with E-state index in [-0.39, 0.29) is 11.9 Å². The molecule has 27 heavy (non-hydrogen) atoms. The predicted molar refractivity (Wildman–Crippen MR) is 105 cm³/mol. The van der Waals surface area contributed by atoms with E-state index in [1.165, 1.54) is 5.56 Å². The van der Waals surface area contributed by atoms with Crippen molar-refractivity contribution in [3.63, 3.8) is 0 Å². The summed E-state index contributed by atoms with van der Waals surface area (Å²) >= 11 is 0. The van der Waals surface area contributed by atoms with Gasteiger partial charge in [0.15, 0.2) is 0 Å². The van der Waals surface area contributed by atoms with E-state index in [0.717, 1.165) is 44.5 Å². The Balaban J connectivity index is 1.56. The van der Waals surface area contributed by atoms with Gasteiger partial charge in [0, 0.05) is 25.7 Å². The molecule has 0 unspecified atom stereocenters. The number of benzene rings is 1. The normalized spacial score (nSPS) is 27.5. The van der Waals surface area contributed by atoms with Gasteiger partial charge in [-0.15, -0.1) is 0 Å². The fourth-order valence-corrected chi connectivity index (χ4v) is 4.15. The average molecular weight is 370 g/mol. The minimum atomic E-state index is -0.502. The summed E-state index contributed by atoms with van der Waals surface area (Å²) in [4.78, 5) is 12.6. The van der Waals surface area contributed by atoms with Crippen LogP contribution in [-0.4, -0.2) is 37.2 Å². The molecule has 2 aliphatic rings. The summed E-state index contributed by atoms with van der Waals surface area (Å²) in [7, 11) is 0. The van der Waals surface area contributed by atoms with Crippen LogP contribution in [0.4, 0.5) is 0 Å². The molecule has 2 fully saturated rings. The SMILES string of the molecule is C[C@@H]1CC[C@H](C)N[C@@H]1C(=O)N[C@H](C#N)Cc1ccc(C2CCOCC2)cc1. The highest BCUT2D eigenvalue weighted by Gasteiger charge is 2.31. The number of piperidine rings is 1. The van der Waals surface area contributed by atoms with E-state index in [2.05, 4.69) is 54.8 Å². The fourth-order valence-electron chi connectivity index (χ4n) is 4.15. The van der Waals surface area contributed by atoms with Gasteiger partial charge in [-0.05, 0) is 55.6 Å². The van der Waals surface area contributed by atoms with Crippen molar-refractivity contribution in [2.45, 2.75) is 70.0 Å². The molecule has 4 atom stereocenters. The summed E-state index contributed by atoms with van der Waals surface area (Å²) in [5.74, 6) is 0.804. The molecule has 2 saturated heterocycles. The molecule has 5 nitrogen and oxygen atoms in total. The number of nitrogens with one attached hydrogen (secondary N) is 2. The van der Waals surface area contributed by atoms with Gasteiger partial charge in [-0.2, -0.15) is 5.26 Å². The second kappa shape index (κ2) is 9.34. The van der Waals surface area contributed by atoms with Gasteiger partial charge in [-0.1, -0.05) is 31.2 Å². The molecule has 2 heterocycles. The molecule has 0 radical (unpaired) electrons. The van der Waals surface area contributed by atoms with Crippen molar-refractivity contribution in [1.82, 2.24) is 10.6 Å². The first-order valence-electron chi connectivity index (χ1n) is 10.2. The van der Waals surface area contributed by atoms with Gasteiger partial charge in [0.25, 0.3) is 0 Å². The number of ether oxygens (including phenoxy) is 1. The van der Waals surface area contributed by atoms with Gasteiger partial charge in [-0.25, -0.2) is 0 Å². The van der Waals surface area contributed by atoms with Crippen molar-refractivity contribution in [2.75, 3.05) is 13.2 Å². The zero-order valence-electron chi connectivity index (χ0n) is 16.4. The topological polar surface area (TPSA) is 74.2 Å². The highest BCUT2D eigenvalue weighted by molar-refractivity contribution is 5.82. The number of amides is 1. The van der Waals surface area contributed by atoms with Crippen LogP contribution in [0.15, 0.2) is 24.3 Å². The van der Waals surface area contributed by atoms with E-state index in [0.29, 0.717) is 24.3 Å². The van der Waals surface area contributed by atoms with Crippen LogP contribution >= 0.6 is 0 Å². The Morgan fingerprint density at radius 2 is 1.93 bits per heavy atom. The van der Waals surface area contributed by atoms with Crippen LogP contribution in [0.5, 0.6) is 0 Å². The Morgan fingerprint density at radius 3 is 2.59 bits per heavy atom. The molecule has 1 aromatic carbocycles. The molecule has 5 heteroatoms. The molecule has 0 spiro atoms. The number of nitriles is 1. The van der Waals surface area contributed by atoms with E-state index in [4.69, 9.17) is 4.74 Å². The Morgan fingerprint density at radius 1 is 1.22 bits per heavy atom. The third-order valence-electron chi connectivity index (χ3n) is 5.96. The lowest BCUT2D eigenvalue weighted by atomic mass is 9.88. The first kappa shape index (κ1) is 19.9. The number of nitrogens with zero attached hydrogens (tertiary/aromatic N) is 1. The van der Waals surface area contributed by atoms with Crippen LogP contribution in [0.2, 0.25) is 0 Å². The average Bonchev–Trinajstić information content (AvgIpc) is 2.70. The van der Waals surface area contributed by atoms with Crippen molar-refractivity contribution in [3.8, 4) is 6.07 Å². The molecule has 0 aliphatic carbocycles. The summed E-state index contributed by atoms with van der Waals surface area (Å²) in [6.07, 6.45) is 4.80. The van der Waals surface area contributed by atoms with Gasteiger partial charge >= 0.3 is 0 Å². The molecule has 2 N–H and O–H groups in total. The van der Waals surface area contributed by atoms with Crippen LogP contribution in [-0.2, 0) is 16.0 Å². The second-order valence-electron chi connectivity index (χ2n) is 8.12. The highest BCUT2D eigenvalue weighted by atomic mass is 16.5. The molecule has 0 bridgehead atoms. The molecule has 146 valence electrons. The summed E-state index contributed by atoms with van der Waals surface area (Å²) in [5, 5.41) is 15.8. The highest BCUT2D eigenvalue weighted by Crippen LogP contribution is 2.27. The van der Waals surface area contributed by atoms with Crippen molar-refractivity contribution >= 4 is 5.91 Å². The lowest BCUT2D eigenvalue weighted by Gasteiger charge is -2.33. The van der Waals surface area contributed by atoms with Crippen molar-refractivity contribution in [3.05, 3.63) is 35.4 Å². The lowest BCUT2D eigenvalue weighted by molar-refractivity contribution is -0.125. The summed E-state index contributed by atoms with van der Waals surface area (Å²) in [6, 6.07) is 10.4. The zero-order valence-corrected chi connectivity index (χ0v) is 16.4. The third-order valence-corrected chi connectivity index (χ3v) is 5.96. The van der Waals surface area contributed by atoms with Gasteiger partial charge < -0.3 is 15.4 Å². The fraction of sp³-hybridized carbons (Fsp3) is 0.636. The maximum atomic E-state index is 12.6.